The monoisotopic (exact) mass is 350 g/mol. The molecule has 0 spiro atoms. The van der Waals surface area contributed by atoms with Gasteiger partial charge in [0.15, 0.2) is 0 Å². The summed E-state index contributed by atoms with van der Waals surface area (Å²) in [6.07, 6.45) is 4.86. The maximum absolute atomic E-state index is 4.45. The van der Waals surface area contributed by atoms with Gasteiger partial charge < -0.3 is 20.9 Å². The summed E-state index contributed by atoms with van der Waals surface area (Å²) in [6.45, 7) is 1.93. The minimum absolute atomic E-state index is 0.827. The Bertz CT molecular complexity index is 977. The number of nitrogens with zero attached hydrogens (tertiary/aromatic N) is 2. The van der Waals surface area contributed by atoms with Gasteiger partial charge in [-0.1, -0.05) is 6.08 Å². The van der Waals surface area contributed by atoms with Gasteiger partial charge in [0.25, 0.3) is 0 Å². The maximum Gasteiger partial charge on any atom is 0.143 e. The van der Waals surface area contributed by atoms with Gasteiger partial charge in [-0.3, -0.25) is 0 Å². The second kappa shape index (κ2) is 6.09. The summed E-state index contributed by atoms with van der Waals surface area (Å²) in [5.74, 6) is 1.76. The molecule has 0 bridgehead atoms. The lowest BCUT2D eigenvalue weighted by Gasteiger charge is -2.12. The van der Waals surface area contributed by atoms with E-state index in [0.717, 1.165) is 53.6 Å². The molecule has 0 unspecified atom stereocenters. The Morgan fingerprint density at radius 3 is 3.08 bits per heavy atom. The van der Waals surface area contributed by atoms with E-state index in [0.29, 0.717) is 0 Å². The molecule has 0 amide bonds. The third kappa shape index (κ3) is 2.75. The summed E-state index contributed by atoms with van der Waals surface area (Å²) < 4.78 is 0. The van der Waals surface area contributed by atoms with Crippen LogP contribution in [-0.2, 0) is 0 Å². The average molecular weight is 350 g/mol. The molecule has 0 atom stereocenters. The number of fused-ring (bicyclic) bond motifs is 2. The standard InChI is InChI=1S/C18H18N6S/c1-2-16-15(22-10-25-16)7-12(1)23-17-13-8-14(11-3-5-19-6-4-11)24-18(13)21-9-20-17/h1-3,7-9,19,22H,4-6,10H2,(H2,20,21,23,24). The number of hydrogen-bond donors (Lipinski definition) is 4. The lowest BCUT2D eigenvalue weighted by atomic mass is 10.1. The van der Waals surface area contributed by atoms with Crippen molar-refractivity contribution in [1.82, 2.24) is 20.3 Å². The summed E-state index contributed by atoms with van der Waals surface area (Å²) in [7, 11) is 0. The first-order valence-electron chi connectivity index (χ1n) is 8.38. The average Bonchev–Trinajstić information content (AvgIpc) is 3.29. The van der Waals surface area contributed by atoms with Crippen LogP contribution >= 0.6 is 11.8 Å². The van der Waals surface area contributed by atoms with E-state index >= 15 is 0 Å². The van der Waals surface area contributed by atoms with Crippen LogP contribution in [0.3, 0.4) is 0 Å². The fourth-order valence-electron chi connectivity index (χ4n) is 3.28. The predicted octanol–water partition coefficient (Wildman–Crippen LogP) is 3.55. The second-order valence-corrected chi connectivity index (χ2v) is 7.17. The first-order chi connectivity index (χ1) is 12.4. The molecule has 0 fully saturated rings. The van der Waals surface area contributed by atoms with Gasteiger partial charge in [-0.25, -0.2) is 9.97 Å². The van der Waals surface area contributed by atoms with Crippen molar-refractivity contribution in [3.8, 4) is 0 Å². The second-order valence-electron chi connectivity index (χ2n) is 6.15. The van der Waals surface area contributed by atoms with Crippen LogP contribution in [0, 0.1) is 0 Å². The fourth-order valence-corrected chi connectivity index (χ4v) is 4.11. The van der Waals surface area contributed by atoms with Gasteiger partial charge in [0.1, 0.15) is 17.8 Å². The minimum atomic E-state index is 0.827. The lowest BCUT2D eigenvalue weighted by Crippen LogP contribution is -2.20. The molecule has 2 aliphatic rings. The number of aromatic amines is 1. The molecule has 25 heavy (non-hydrogen) atoms. The van der Waals surface area contributed by atoms with E-state index in [2.05, 4.69) is 61.2 Å². The highest BCUT2D eigenvalue weighted by molar-refractivity contribution is 7.99. The molecule has 0 saturated carbocycles. The van der Waals surface area contributed by atoms with Crippen LogP contribution in [0.5, 0.6) is 0 Å². The van der Waals surface area contributed by atoms with Crippen molar-refractivity contribution in [3.63, 3.8) is 0 Å². The van der Waals surface area contributed by atoms with Crippen molar-refractivity contribution >= 4 is 45.6 Å². The number of H-pyrrole nitrogens is 1. The maximum atomic E-state index is 4.45. The van der Waals surface area contributed by atoms with Crippen LogP contribution in [0.1, 0.15) is 12.1 Å². The smallest absolute Gasteiger partial charge is 0.143 e. The van der Waals surface area contributed by atoms with Gasteiger partial charge in [-0.15, -0.1) is 11.8 Å². The zero-order valence-electron chi connectivity index (χ0n) is 13.6. The van der Waals surface area contributed by atoms with E-state index in [1.807, 2.05) is 11.8 Å². The topological polar surface area (TPSA) is 77.7 Å². The van der Waals surface area contributed by atoms with Crippen LogP contribution in [0.25, 0.3) is 16.6 Å². The van der Waals surface area contributed by atoms with Crippen molar-refractivity contribution in [2.45, 2.75) is 11.3 Å². The number of aromatic nitrogens is 3. The summed E-state index contributed by atoms with van der Waals surface area (Å²) in [5.41, 5.74) is 5.53. The molecule has 2 aliphatic heterocycles. The molecule has 3 aromatic rings. The molecule has 2 aromatic heterocycles. The Morgan fingerprint density at radius 2 is 2.16 bits per heavy atom. The number of anilines is 3. The van der Waals surface area contributed by atoms with E-state index in [4.69, 9.17) is 0 Å². The minimum Gasteiger partial charge on any atom is -0.375 e. The van der Waals surface area contributed by atoms with Crippen LogP contribution in [0.2, 0.25) is 0 Å². The van der Waals surface area contributed by atoms with Gasteiger partial charge in [0, 0.05) is 22.8 Å². The van der Waals surface area contributed by atoms with Crippen molar-refractivity contribution in [1.29, 1.82) is 0 Å². The Balaban J connectivity index is 1.50. The van der Waals surface area contributed by atoms with Crippen LogP contribution < -0.4 is 16.0 Å². The molecule has 126 valence electrons. The zero-order valence-corrected chi connectivity index (χ0v) is 14.4. The number of nitrogens with one attached hydrogen (secondary N) is 4. The molecule has 0 aliphatic carbocycles. The lowest BCUT2D eigenvalue weighted by molar-refractivity contribution is 0.737. The van der Waals surface area contributed by atoms with Gasteiger partial charge >= 0.3 is 0 Å². The molecule has 0 saturated heterocycles. The molecule has 1 aromatic carbocycles. The van der Waals surface area contributed by atoms with E-state index in [1.54, 1.807) is 6.33 Å². The Kier molecular flexibility index (Phi) is 3.61. The summed E-state index contributed by atoms with van der Waals surface area (Å²) in [5, 5.41) is 11.2. The van der Waals surface area contributed by atoms with E-state index < -0.39 is 0 Å². The SMILES string of the molecule is C1=C(c2cc3c(Nc4ccc5c(c4)NCS5)ncnc3[nH]2)CCNC1. The quantitative estimate of drug-likeness (QED) is 0.579. The van der Waals surface area contributed by atoms with E-state index in [9.17, 15) is 0 Å². The molecule has 0 radical (unpaired) electrons. The number of rotatable bonds is 3. The molecule has 7 heteroatoms. The molecular formula is C18H18N6S. The molecular weight excluding hydrogens is 332 g/mol. The zero-order chi connectivity index (χ0) is 16.6. The van der Waals surface area contributed by atoms with Gasteiger partial charge in [0.05, 0.1) is 17.0 Å². The first kappa shape index (κ1) is 14.8. The van der Waals surface area contributed by atoms with Crippen LogP contribution in [-0.4, -0.2) is 33.9 Å². The third-order valence-corrected chi connectivity index (χ3v) is 5.52. The van der Waals surface area contributed by atoms with Crippen LogP contribution in [0.4, 0.5) is 17.2 Å². The van der Waals surface area contributed by atoms with Crippen molar-refractivity contribution in [3.05, 3.63) is 42.4 Å². The third-order valence-electron chi connectivity index (χ3n) is 4.57. The fraction of sp³-hybridized carbons (Fsp3) is 0.222. The number of benzene rings is 1. The first-order valence-corrected chi connectivity index (χ1v) is 9.37. The van der Waals surface area contributed by atoms with Gasteiger partial charge in [-0.2, -0.15) is 0 Å². The van der Waals surface area contributed by atoms with Gasteiger partial charge in [0.2, 0.25) is 0 Å². The normalized spacial score (nSPS) is 16.4. The number of thioether (sulfide) groups is 1. The molecule has 5 rings (SSSR count). The summed E-state index contributed by atoms with van der Waals surface area (Å²) >= 11 is 1.82. The number of hydrogen-bond acceptors (Lipinski definition) is 6. The van der Waals surface area contributed by atoms with Crippen molar-refractivity contribution in [2.24, 2.45) is 0 Å². The van der Waals surface area contributed by atoms with Gasteiger partial charge in [-0.05, 0) is 42.8 Å². The highest BCUT2D eigenvalue weighted by atomic mass is 32.2. The molecule has 4 N–H and O–H groups in total. The Morgan fingerprint density at radius 1 is 1.16 bits per heavy atom. The molecule has 6 nitrogen and oxygen atoms in total. The van der Waals surface area contributed by atoms with Crippen molar-refractivity contribution < 1.29 is 0 Å². The Hall–Kier alpha value is -2.51. The predicted molar refractivity (Wildman–Crippen MR) is 103 cm³/mol. The molecule has 4 heterocycles. The van der Waals surface area contributed by atoms with Crippen molar-refractivity contribution in [2.75, 3.05) is 29.6 Å². The summed E-state index contributed by atoms with van der Waals surface area (Å²) in [4.78, 5) is 13.6. The van der Waals surface area contributed by atoms with E-state index in [-0.39, 0.29) is 0 Å². The largest absolute Gasteiger partial charge is 0.375 e. The summed E-state index contributed by atoms with van der Waals surface area (Å²) in [6, 6.07) is 8.52. The van der Waals surface area contributed by atoms with E-state index in [1.165, 1.54) is 16.2 Å². The highest BCUT2D eigenvalue weighted by Crippen LogP contribution is 2.36. The van der Waals surface area contributed by atoms with Crippen LogP contribution in [0.15, 0.2) is 41.6 Å². The highest BCUT2D eigenvalue weighted by Gasteiger charge is 2.14. The Labute approximate surface area is 149 Å².